The molecule has 230 valence electrons. The van der Waals surface area contributed by atoms with Crippen LogP contribution in [0.1, 0.15) is 61.1 Å². The van der Waals surface area contributed by atoms with Gasteiger partial charge in [0.25, 0.3) is 0 Å². The van der Waals surface area contributed by atoms with Gasteiger partial charge in [-0.2, -0.15) is 0 Å². The molecule has 1 atom stereocenters. The van der Waals surface area contributed by atoms with E-state index in [0.717, 1.165) is 44.5 Å². The second-order valence-corrected chi connectivity index (χ2v) is 12.8. The molecule has 0 spiro atoms. The second kappa shape index (κ2) is 15.3. The van der Waals surface area contributed by atoms with Crippen LogP contribution in [-0.2, 0) is 9.53 Å². The van der Waals surface area contributed by atoms with Crippen LogP contribution in [0.2, 0.25) is 4.34 Å². The zero-order valence-electron chi connectivity index (χ0n) is 24.8. The number of urea groups is 1. The minimum absolute atomic E-state index is 0.156. The predicted octanol–water partition coefficient (Wildman–Crippen LogP) is 8.52. The summed E-state index contributed by atoms with van der Waals surface area (Å²) >= 11 is 7.80. The summed E-state index contributed by atoms with van der Waals surface area (Å²) in [6.45, 7) is 4.42. The van der Waals surface area contributed by atoms with Crippen molar-refractivity contribution in [3.05, 3.63) is 106 Å². The fourth-order valence-corrected chi connectivity index (χ4v) is 6.72. The molecule has 9 heteroatoms. The Morgan fingerprint density at radius 2 is 1.57 bits per heavy atom. The molecule has 1 aromatic heterocycles. The molecular formula is C35H38ClN3O4S. The first-order chi connectivity index (χ1) is 21.4. The summed E-state index contributed by atoms with van der Waals surface area (Å²) in [5, 5.41) is 12.8. The number of rotatable bonds is 12. The molecule has 5 rings (SSSR count). The van der Waals surface area contributed by atoms with Gasteiger partial charge in [0.15, 0.2) is 5.13 Å². The Bertz CT molecular complexity index is 1470. The smallest absolute Gasteiger partial charge is 0.323 e. The molecule has 7 nitrogen and oxygen atoms in total. The van der Waals surface area contributed by atoms with Crippen molar-refractivity contribution in [2.24, 2.45) is 5.92 Å². The molecule has 0 bridgehead atoms. The van der Waals surface area contributed by atoms with E-state index >= 15 is 0 Å². The van der Waals surface area contributed by atoms with E-state index in [1.807, 2.05) is 29.2 Å². The van der Waals surface area contributed by atoms with E-state index in [1.54, 1.807) is 19.1 Å². The van der Waals surface area contributed by atoms with Gasteiger partial charge >= 0.3 is 12.0 Å². The van der Waals surface area contributed by atoms with Crippen LogP contribution in [0.5, 0.6) is 0 Å². The Labute approximate surface area is 267 Å². The fourth-order valence-electron chi connectivity index (χ4n) is 5.65. The van der Waals surface area contributed by atoms with Crippen LogP contribution in [-0.4, -0.2) is 53.3 Å². The van der Waals surface area contributed by atoms with Gasteiger partial charge in [-0.05, 0) is 55.2 Å². The average molecular weight is 632 g/mol. The van der Waals surface area contributed by atoms with Crippen molar-refractivity contribution in [1.82, 2.24) is 9.88 Å². The summed E-state index contributed by atoms with van der Waals surface area (Å²) in [4.78, 5) is 31.7. The lowest BCUT2D eigenvalue weighted by molar-refractivity contribution is -0.138. The molecule has 3 aromatic carbocycles. The number of carbonyl (C=O) groups is 2. The highest BCUT2D eigenvalue weighted by Crippen LogP contribution is 2.36. The first-order valence-corrected chi connectivity index (χ1v) is 16.3. The number of carboxylic acids is 1. The molecule has 2 N–H and O–H groups in total. The van der Waals surface area contributed by atoms with E-state index in [4.69, 9.17) is 16.3 Å². The molecule has 2 heterocycles. The monoisotopic (exact) mass is 631 g/mol. The zero-order valence-corrected chi connectivity index (χ0v) is 26.4. The average Bonchev–Trinajstić information content (AvgIpc) is 3.43. The maximum atomic E-state index is 13.8. The van der Waals surface area contributed by atoms with E-state index in [0.29, 0.717) is 39.7 Å². The van der Waals surface area contributed by atoms with Crippen molar-refractivity contribution in [2.45, 2.75) is 44.4 Å². The number of nitrogens with zero attached hydrogens (tertiary/aromatic N) is 2. The maximum Gasteiger partial charge on any atom is 0.323 e. The quantitative estimate of drug-likeness (QED) is 0.163. The number of amides is 2. The molecule has 1 fully saturated rings. The van der Waals surface area contributed by atoms with Gasteiger partial charge in [-0.25, -0.2) is 9.78 Å². The van der Waals surface area contributed by atoms with Gasteiger partial charge in [-0.3, -0.25) is 10.1 Å². The molecule has 1 unspecified atom stereocenters. The van der Waals surface area contributed by atoms with E-state index in [-0.39, 0.29) is 11.9 Å². The highest BCUT2D eigenvalue weighted by atomic mass is 35.5. The van der Waals surface area contributed by atoms with Crippen molar-refractivity contribution in [3.8, 4) is 11.3 Å². The number of ether oxygens (including phenoxy) is 1. The number of hydrogen-bond donors (Lipinski definition) is 2. The second-order valence-electron chi connectivity index (χ2n) is 11.2. The molecule has 4 aromatic rings. The number of halogens is 1. The van der Waals surface area contributed by atoms with Crippen LogP contribution in [0.25, 0.3) is 11.3 Å². The van der Waals surface area contributed by atoms with Gasteiger partial charge in [0.1, 0.15) is 10.0 Å². The van der Waals surface area contributed by atoms with Crippen molar-refractivity contribution in [3.63, 3.8) is 0 Å². The molecule has 0 radical (unpaired) electrons. The topological polar surface area (TPSA) is 91.8 Å². The lowest BCUT2D eigenvalue weighted by Crippen LogP contribution is -2.38. The largest absolute Gasteiger partial charge is 0.481 e. The minimum atomic E-state index is -0.880. The van der Waals surface area contributed by atoms with Crippen LogP contribution in [0.4, 0.5) is 9.93 Å². The van der Waals surface area contributed by atoms with Crippen molar-refractivity contribution in [1.29, 1.82) is 0 Å². The first-order valence-electron chi connectivity index (χ1n) is 15.1. The van der Waals surface area contributed by atoms with Crippen molar-refractivity contribution >= 4 is 40.1 Å². The van der Waals surface area contributed by atoms with Crippen LogP contribution in [0.3, 0.4) is 0 Å². The lowest BCUT2D eigenvalue weighted by Gasteiger charge is -2.29. The number of carboxylic acid groups (broad SMARTS) is 1. The number of thiazole rings is 1. The number of aromatic nitrogens is 1. The Hall–Kier alpha value is -3.72. The molecule has 1 saturated heterocycles. The van der Waals surface area contributed by atoms with E-state index in [9.17, 15) is 14.7 Å². The lowest BCUT2D eigenvalue weighted by atomic mass is 9.88. The standard InChI is InChI=1S/C35H38ClN3O4S/c1-24(33(40)41)26-12-14-29(15-13-26)31-32(36)44-34(37-31)38-35(42)39(20-16-25-18-22-43-23-19-25)21-17-30(27-8-4-2-5-9-27)28-10-6-3-7-11-28/h2-15,24-25,30H,16-23H2,1H3,(H,40,41)(H,37,38,42). The summed E-state index contributed by atoms with van der Waals surface area (Å²) in [5.74, 6) is -0.802. The number of hydrogen-bond acceptors (Lipinski definition) is 5. The molecule has 1 aliphatic heterocycles. The van der Waals surface area contributed by atoms with E-state index < -0.39 is 11.9 Å². The van der Waals surface area contributed by atoms with Crippen LogP contribution in [0.15, 0.2) is 84.9 Å². The molecule has 44 heavy (non-hydrogen) atoms. The van der Waals surface area contributed by atoms with Crippen molar-refractivity contribution in [2.75, 3.05) is 31.6 Å². The third kappa shape index (κ3) is 8.25. The number of nitrogens with one attached hydrogen (secondary N) is 1. The minimum Gasteiger partial charge on any atom is -0.481 e. The van der Waals surface area contributed by atoms with Gasteiger partial charge < -0.3 is 14.7 Å². The molecular weight excluding hydrogens is 594 g/mol. The summed E-state index contributed by atoms with van der Waals surface area (Å²) in [6, 6.07) is 27.9. The Kier molecular flexibility index (Phi) is 11.0. The zero-order chi connectivity index (χ0) is 30.9. The van der Waals surface area contributed by atoms with Crippen LogP contribution < -0.4 is 5.32 Å². The summed E-state index contributed by atoms with van der Waals surface area (Å²) < 4.78 is 6.01. The van der Waals surface area contributed by atoms with Gasteiger partial charge in [0, 0.05) is 37.8 Å². The highest BCUT2D eigenvalue weighted by molar-refractivity contribution is 7.20. The number of anilines is 1. The van der Waals surface area contributed by atoms with Crippen LogP contribution in [0, 0.1) is 5.92 Å². The van der Waals surface area contributed by atoms with Crippen LogP contribution >= 0.6 is 22.9 Å². The van der Waals surface area contributed by atoms with Gasteiger partial charge in [-0.15, -0.1) is 0 Å². The third-order valence-corrected chi connectivity index (χ3v) is 9.55. The normalized spacial score (nSPS) is 14.3. The maximum absolute atomic E-state index is 13.8. The van der Waals surface area contributed by atoms with E-state index in [1.165, 1.54) is 22.5 Å². The predicted molar refractivity (Wildman–Crippen MR) is 177 cm³/mol. The Morgan fingerprint density at radius 1 is 0.955 bits per heavy atom. The SMILES string of the molecule is CC(C(=O)O)c1ccc(-c2nc(NC(=O)N(CCC3CCOCC3)CCC(c3ccccc3)c3ccccc3)sc2Cl)cc1. The number of benzene rings is 3. The summed E-state index contributed by atoms with van der Waals surface area (Å²) in [7, 11) is 0. The summed E-state index contributed by atoms with van der Waals surface area (Å²) in [6.07, 6.45) is 3.73. The highest BCUT2D eigenvalue weighted by Gasteiger charge is 2.23. The molecule has 2 amide bonds. The molecule has 0 aliphatic carbocycles. The number of aliphatic carboxylic acids is 1. The van der Waals surface area contributed by atoms with Gasteiger partial charge in [0.2, 0.25) is 0 Å². The number of carbonyl (C=O) groups excluding carboxylic acids is 1. The Morgan fingerprint density at radius 3 is 2.16 bits per heavy atom. The van der Waals surface area contributed by atoms with Gasteiger partial charge in [-0.1, -0.05) is 108 Å². The van der Waals surface area contributed by atoms with Gasteiger partial charge in [0.05, 0.1) is 5.92 Å². The van der Waals surface area contributed by atoms with E-state index in [2.05, 4.69) is 58.8 Å². The molecule has 0 saturated carbocycles. The Balaban J connectivity index is 1.32. The first kappa shape index (κ1) is 31.7. The van der Waals surface area contributed by atoms with Crippen molar-refractivity contribution < 1.29 is 19.4 Å². The third-order valence-electron chi connectivity index (χ3n) is 8.38. The summed E-state index contributed by atoms with van der Waals surface area (Å²) in [5.41, 5.74) is 4.47. The fraction of sp³-hybridized carbons (Fsp3) is 0.343. The molecule has 1 aliphatic rings.